The van der Waals surface area contributed by atoms with Crippen molar-refractivity contribution < 1.29 is 18.7 Å². The number of carbonyl (C=O) groups is 1. The summed E-state index contributed by atoms with van der Waals surface area (Å²) < 4.78 is 17.0. The van der Waals surface area contributed by atoms with Crippen LogP contribution < -0.4 is 9.47 Å². The number of allylic oxidation sites excluding steroid dienone is 1. The summed E-state index contributed by atoms with van der Waals surface area (Å²) >= 11 is 0. The summed E-state index contributed by atoms with van der Waals surface area (Å²) in [5, 5.41) is 0. The van der Waals surface area contributed by atoms with Crippen molar-refractivity contribution in [1.82, 2.24) is 9.80 Å². The number of benzene rings is 1. The molecule has 2 fully saturated rings. The van der Waals surface area contributed by atoms with Gasteiger partial charge >= 0.3 is 0 Å². The van der Waals surface area contributed by atoms with Gasteiger partial charge in [0.1, 0.15) is 17.3 Å². The Bertz CT molecular complexity index is 1080. The minimum atomic E-state index is -0.203. The lowest BCUT2D eigenvalue weighted by atomic mass is 9.72. The quantitative estimate of drug-likeness (QED) is 0.555. The third-order valence-electron chi connectivity index (χ3n) is 8.42. The lowest BCUT2D eigenvalue weighted by Crippen LogP contribution is -2.57. The van der Waals surface area contributed by atoms with E-state index in [2.05, 4.69) is 35.8 Å². The number of furan rings is 1. The van der Waals surface area contributed by atoms with Crippen LogP contribution in [-0.4, -0.2) is 55.1 Å². The highest BCUT2D eigenvalue weighted by Gasteiger charge is 2.48. The number of ether oxygens (including phenoxy) is 2. The molecule has 0 saturated carbocycles. The number of methoxy groups -OCH3 is 2. The summed E-state index contributed by atoms with van der Waals surface area (Å²) in [5.74, 6) is 3.48. The van der Waals surface area contributed by atoms with Gasteiger partial charge in [-0.25, -0.2) is 0 Å². The predicted octanol–water partition coefficient (Wildman–Crippen LogP) is 5.18. The second-order valence-corrected chi connectivity index (χ2v) is 10.4. The van der Waals surface area contributed by atoms with Gasteiger partial charge in [0.15, 0.2) is 0 Å². The van der Waals surface area contributed by atoms with Crippen LogP contribution in [0.4, 0.5) is 0 Å². The number of rotatable bonds is 5. The van der Waals surface area contributed by atoms with Gasteiger partial charge in [0.2, 0.25) is 5.91 Å². The number of likely N-dealkylation sites (tertiary alicyclic amines) is 2. The van der Waals surface area contributed by atoms with Crippen molar-refractivity contribution in [1.29, 1.82) is 0 Å². The summed E-state index contributed by atoms with van der Waals surface area (Å²) in [5.41, 5.74) is 3.72. The van der Waals surface area contributed by atoms with Gasteiger partial charge in [-0.3, -0.25) is 9.69 Å². The Morgan fingerprint density at radius 1 is 1.11 bits per heavy atom. The molecule has 6 nitrogen and oxygen atoms in total. The molecule has 5 rings (SSSR count). The monoisotopic (exact) mass is 478 g/mol. The summed E-state index contributed by atoms with van der Waals surface area (Å²) in [4.78, 5) is 18.4. The van der Waals surface area contributed by atoms with Crippen LogP contribution in [0.15, 0.2) is 46.6 Å². The van der Waals surface area contributed by atoms with Gasteiger partial charge in [-0.15, -0.1) is 0 Å². The van der Waals surface area contributed by atoms with E-state index in [1.54, 1.807) is 20.5 Å². The number of fused-ring (bicyclic) bond motifs is 4. The summed E-state index contributed by atoms with van der Waals surface area (Å²) in [6.45, 7) is 7.89. The van der Waals surface area contributed by atoms with Crippen LogP contribution in [0.25, 0.3) is 0 Å². The van der Waals surface area contributed by atoms with Crippen LogP contribution in [0.2, 0.25) is 0 Å². The predicted molar refractivity (Wildman–Crippen MR) is 136 cm³/mol. The Hall–Kier alpha value is -2.73. The lowest BCUT2D eigenvalue weighted by molar-refractivity contribution is -0.137. The number of likely N-dealkylation sites (N-methyl/N-ethyl adjacent to an activating group) is 1. The molecule has 1 aromatic heterocycles. The Kier molecular flexibility index (Phi) is 6.67. The molecule has 3 heterocycles. The Morgan fingerprint density at radius 3 is 2.57 bits per heavy atom. The molecular formula is C29H38N2O4. The molecule has 2 atom stereocenters. The van der Waals surface area contributed by atoms with E-state index in [1.807, 2.05) is 18.2 Å². The number of nitrogens with zero attached hydrogens (tertiary/aromatic N) is 2. The minimum absolute atomic E-state index is 0.201. The van der Waals surface area contributed by atoms with E-state index >= 15 is 0 Å². The highest BCUT2D eigenvalue weighted by Crippen LogP contribution is 2.47. The van der Waals surface area contributed by atoms with Crippen LogP contribution in [0.1, 0.15) is 62.3 Å². The van der Waals surface area contributed by atoms with E-state index in [1.165, 1.54) is 16.7 Å². The molecular weight excluding hydrogens is 440 g/mol. The molecule has 0 radical (unpaired) electrons. The number of carbonyl (C=O) groups excluding carboxylic acids is 1. The first kappa shape index (κ1) is 24.0. The molecule has 1 aliphatic carbocycles. The second-order valence-electron chi connectivity index (χ2n) is 10.4. The highest BCUT2D eigenvalue weighted by atomic mass is 16.5. The van der Waals surface area contributed by atoms with Crippen LogP contribution in [0.5, 0.6) is 11.5 Å². The smallest absolute Gasteiger partial charge is 0.223 e. The topological polar surface area (TPSA) is 55.2 Å². The van der Waals surface area contributed by atoms with Gasteiger partial charge in [0.25, 0.3) is 0 Å². The van der Waals surface area contributed by atoms with E-state index in [0.29, 0.717) is 12.3 Å². The number of piperidine rings is 1. The maximum absolute atomic E-state index is 13.7. The largest absolute Gasteiger partial charge is 0.497 e. The average Bonchev–Trinajstić information content (AvgIpc) is 3.33. The minimum Gasteiger partial charge on any atom is -0.497 e. The van der Waals surface area contributed by atoms with Crippen molar-refractivity contribution in [2.75, 3.05) is 33.9 Å². The molecule has 35 heavy (non-hydrogen) atoms. The summed E-state index contributed by atoms with van der Waals surface area (Å²) in [7, 11) is 3.43. The zero-order chi connectivity index (χ0) is 24.6. The highest BCUT2D eigenvalue weighted by molar-refractivity contribution is 5.79. The normalized spacial score (nSPS) is 25.8. The molecule has 1 amide bonds. The lowest BCUT2D eigenvalue weighted by Gasteiger charge is -2.49. The molecule has 188 valence electrons. The van der Waals surface area contributed by atoms with Gasteiger partial charge in [0, 0.05) is 43.6 Å². The first-order valence-corrected chi connectivity index (χ1v) is 13.0. The van der Waals surface area contributed by atoms with Crippen molar-refractivity contribution in [3.05, 3.63) is 59.1 Å². The molecule has 2 aliphatic heterocycles. The van der Waals surface area contributed by atoms with E-state index in [4.69, 9.17) is 13.9 Å². The van der Waals surface area contributed by atoms with Crippen molar-refractivity contribution in [2.45, 2.75) is 64.0 Å². The molecule has 2 aromatic rings. The summed E-state index contributed by atoms with van der Waals surface area (Å²) in [6, 6.07) is 8.13. The Balaban J connectivity index is 1.53. The number of hydrogen-bond donors (Lipinski definition) is 0. The molecule has 1 spiro atoms. The average molecular weight is 479 g/mol. The molecule has 1 aromatic carbocycles. The molecule has 6 heteroatoms. The van der Waals surface area contributed by atoms with Crippen LogP contribution >= 0.6 is 0 Å². The maximum atomic E-state index is 13.7. The zero-order valence-corrected chi connectivity index (χ0v) is 21.5. The van der Waals surface area contributed by atoms with Gasteiger partial charge in [-0.05, 0) is 67.9 Å². The molecule has 2 saturated heterocycles. The van der Waals surface area contributed by atoms with Gasteiger partial charge in [-0.1, -0.05) is 13.0 Å². The molecule has 0 N–H and O–H groups in total. The van der Waals surface area contributed by atoms with Crippen molar-refractivity contribution in [3.8, 4) is 11.5 Å². The van der Waals surface area contributed by atoms with Crippen molar-refractivity contribution >= 4 is 5.91 Å². The first-order valence-electron chi connectivity index (χ1n) is 13.0. The Labute approximate surface area is 208 Å². The molecule has 2 unspecified atom stereocenters. The van der Waals surface area contributed by atoms with Gasteiger partial charge in [0.05, 0.1) is 32.6 Å². The number of hydrogen-bond acceptors (Lipinski definition) is 5. The van der Waals surface area contributed by atoms with Crippen LogP contribution in [0.3, 0.4) is 0 Å². The fraction of sp³-hybridized carbons (Fsp3) is 0.552. The molecule has 3 aliphatic rings. The fourth-order valence-electron chi connectivity index (χ4n) is 6.81. The van der Waals surface area contributed by atoms with E-state index in [0.717, 1.165) is 69.1 Å². The fourth-order valence-corrected chi connectivity index (χ4v) is 6.81. The zero-order valence-electron chi connectivity index (χ0n) is 21.5. The maximum Gasteiger partial charge on any atom is 0.223 e. The summed E-state index contributed by atoms with van der Waals surface area (Å²) in [6.07, 6.45) is 8.57. The second kappa shape index (κ2) is 9.73. The van der Waals surface area contributed by atoms with Crippen molar-refractivity contribution in [3.63, 3.8) is 0 Å². The van der Waals surface area contributed by atoms with Gasteiger partial charge < -0.3 is 18.8 Å². The van der Waals surface area contributed by atoms with Crippen LogP contribution in [0, 0.1) is 5.92 Å². The van der Waals surface area contributed by atoms with Crippen LogP contribution in [-0.2, 0) is 17.8 Å². The third kappa shape index (κ3) is 4.37. The van der Waals surface area contributed by atoms with Gasteiger partial charge in [-0.2, -0.15) is 0 Å². The van der Waals surface area contributed by atoms with E-state index in [-0.39, 0.29) is 17.4 Å². The molecule has 2 bridgehead atoms. The van der Waals surface area contributed by atoms with E-state index < -0.39 is 0 Å². The first-order chi connectivity index (χ1) is 17.0. The Morgan fingerprint density at radius 2 is 1.91 bits per heavy atom. The van der Waals surface area contributed by atoms with Crippen molar-refractivity contribution in [2.24, 2.45) is 5.92 Å². The number of amides is 1. The SMILES string of the molecule is CCN1C(=O)CC2C/C(=C\C(C)c3c(cc(OC)cc3OC)C2)C12CCN(Cc1ccco1)CC2. The standard InChI is InChI=1S/C29H38N2O4/c1-5-31-27(32)16-21-14-22-17-25(33-3)18-26(34-4)28(22)20(2)13-23(15-21)29(31)8-10-30(11-9-29)19-24-7-6-12-35-24/h6-7,12-13,17-18,20-21H,5,8-11,14-16,19H2,1-4H3/b23-13+. The van der Waals surface area contributed by atoms with E-state index in [9.17, 15) is 4.79 Å². The third-order valence-corrected chi connectivity index (χ3v) is 8.42.